The summed E-state index contributed by atoms with van der Waals surface area (Å²) in [5, 5.41) is 11.4. The monoisotopic (exact) mass is 250 g/mol. The Labute approximate surface area is 106 Å². The molecule has 0 atom stereocenters. The number of aliphatic hydroxyl groups is 1. The lowest BCUT2D eigenvalue weighted by atomic mass is 10.1. The molecule has 0 unspecified atom stereocenters. The van der Waals surface area contributed by atoms with Gasteiger partial charge in [0.2, 0.25) is 5.91 Å². The molecule has 1 rings (SSSR count). The van der Waals surface area contributed by atoms with E-state index in [2.05, 4.69) is 5.32 Å². The molecule has 0 aliphatic carbocycles. The summed E-state index contributed by atoms with van der Waals surface area (Å²) in [6.07, 6.45) is 0. The van der Waals surface area contributed by atoms with E-state index >= 15 is 0 Å². The van der Waals surface area contributed by atoms with Gasteiger partial charge in [-0.2, -0.15) is 0 Å². The van der Waals surface area contributed by atoms with Crippen molar-refractivity contribution in [1.82, 2.24) is 4.90 Å². The summed E-state index contributed by atoms with van der Waals surface area (Å²) < 4.78 is 0. The number of para-hydroxylation sites is 1. The summed E-state index contributed by atoms with van der Waals surface area (Å²) in [6, 6.07) is 6.89. The van der Waals surface area contributed by atoms with E-state index in [0.29, 0.717) is 17.8 Å². The summed E-state index contributed by atoms with van der Waals surface area (Å²) in [5.74, 6) is -0.297. The Balaban J connectivity index is 2.67. The Kier molecular flexibility index (Phi) is 5.48. The second kappa shape index (κ2) is 6.88. The zero-order chi connectivity index (χ0) is 13.5. The number of benzene rings is 1. The Morgan fingerprint density at radius 3 is 2.61 bits per heavy atom. The maximum atomic E-state index is 11.7. The van der Waals surface area contributed by atoms with Gasteiger partial charge >= 0.3 is 0 Å². The minimum Gasteiger partial charge on any atom is -0.395 e. The van der Waals surface area contributed by atoms with Crippen molar-refractivity contribution in [3.05, 3.63) is 29.8 Å². The SMILES string of the molecule is CC(=O)c1ccccc1NC(=O)CN(C)CCO. The number of nitrogens with zero attached hydrogens (tertiary/aromatic N) is 1. The smallest absolute Gasteiger partial charge is 0.238 e. The fourth-order valence-corrected chi connectivity index (χ4v) is 1.58. The highest BCUT2D eigenvalue weighted by molar-refractivity contribution is 6.04. The van der Waals surface area contributed by atoms with E-state index in [1.54, 1.807) is 36.2 Å². The van der Waals surface area contributed by atoms with Crippen LogP contribution >= 0.6 is 0 Å². The fourth-order valence-electron chi connectivity index (χ4n) is 1.58. The highest BCUT2D eigenvalue weighted by Crippen LogP contribution is 2.15. The molecule has 0 aromatic heterocycles. The first-order valence-electron chi connectivity index (χ1n) is 5.74. The number of Topliss-reactive ketones (excluding diaryl/α,β-unsaturated/α-hetero) is 1. The highest BCUT2D eigenvalue weighted by atomic mass is 16.3. The van der Waals surface area contributed by atoms with Crippen molar-refractivity contribution in [2.75, 3.05) is 32.1 Å². The molecule has 1 aromatic carbocycles. The molecule has 5 nitrogen and oxygen atoms in total. The molecular weight excluding hydrogens is 232 g/mol. The number of carbonyl (C=O) groups is 2. The van der Waals surface area contributed by atoms with E-state index < -0.39 is 0 Å². The van der Waals surface area contributed by atoms with Gasteiger partial charge in [0.05, 0.1) is 18.8 Å². The molecule has 18 heavy (non-hydrogen) atoms. The van der Waals surface area contributed by atoms with Gasteiger partial charge in [-0.15, -0.1) is 0 Å². The quantitative estimate of drug-likeness (QED) is 0.731. The van der Waals surface area contributed by atoms with E-state index in [0.717, 1.165) is 0 Å². The van der Waals surface area contributed by atoms with Crippen molar-refractivity contribution in [3.8, 4) is 0 Å². The van der Waals surface area contributed by atoms with E-state index in [1.165, 1.54) is 6.92 Å². The summed E-state index contributed by atoms with van der Waals surface area (Å²) >= 11 is 0. The number of ketones is 1. The first-order chi connectivity index (χ1) is 8.54. The third-order valence-corrected chi connectivity index (χ3v) is 2.48. The number of rotatable bonds is 6. The number of aliphatic hydroxyl groups excluding tert-OH is 1. The maximum absolute atomic E-state index is 11.7. The molecule has 0 spiro atoms. The Morgan fingerprint density at radius 2 is 2.00 bits per heavy atom. The molecule has 1 aromatic rings. The van der Waals surface area contributed by atoms with Crippen LogP contribution in [-0.2, 0) is 4.79 Å². The van der Waals surface area contributed by atoms with Crippen LogP contribution < -0.4 is 5.32 Å². The van der Waals surface area contributed by atoms with Crippen LogP contribution in [0.4, 0.5) is 5.69 Å². The standard InChI is InChI=1S/C13H18N2O3/c1-10(17)11-5-3-4-6-12(11)14-13(18)9-15(2)7-8-16/h3-6,16H,7-9H2,1-2H3,(H,14,18). The van der Waals surface area contributed by atoms with Gasteiger partial charge in [0, 0.05) is 12.1 Å². The van der Waals surface area contributed by atoms with Crippen LogP contribution in [0.1, 0.15) is 17.3 Å². The third kappa shape index (κ3) is 4.27. The van der Waals surface area contributed by atoms with Crippen molar-refractivity contribution < 1.29 is 14.7 Å². The number of hydrogen-bond acceptors (Lipinski definition) is 4. The molecule has 5 heteroatoms. The van der Waals surface area contributed by atoms with Crippen molar-refractivity contribution >= 4 is 17.4 Å². The second-order valence-electron chi connectivity index (χ2n) is 4.11. The number of carbonyl (C=O) groups excluding carboxylic acids is 2. The molecule has 0 bridgehead atoms. The molecule has 98 valence electrons. The predicted octanol–water partition coefficient (Wildman–Crippen LogP) is 0.752. The second-order valence-corrected chi connectivity index (χ2v) is 4.11. The first-order valence-corrected chi connectivity index (χ1v) is 5.74. The predicted molar refractivity (Wildman–Crippen MR) is 69.7 cm³/mol. The van der Waals surface area contributed by atoms with Crippen molar-refractivity contribution in [3.63, 3.8) is 0 Å². The maximum Gasteiger partial charge on any atom is 0.238 e. The van der Waals surface area contributed by atoms with Crippen LogP contribution in [0.15, 0.2) is 24.3 Å². The van der Waals surface area contributed by atoms with Gasteiger partial charge in [-0.25, -0.2) is 0 Å². The van der Waals surface area contributed by atoms with Gasteiger partial charge in [0.25, 0.3) is 0 Å². The molecule has 0 saturated heterocycles. The number of hydrogen-bond donors (Lipinski definition) is 2. The summed E-state index contributed by atoms with van der Waals surface area (Å²) in [7, 11) is 1.74. The summed E-state index contributed by atoms with van der Waals surface area (Å²) in [6.45, 7) is 2.07. The lowest BCUT2D eigenvalue weighted by molar-refractivity contribution is -0.117. The molecule has 1 amide bonds. The molecule has 0 heterocycles. The van der Waals surface area contributed by atoms with Crippen molar-refractivity contribution in [1.29, 1.82) is 0 Å². The van der Waals surface area contributed by atoms with Gasteiger partial charge in [-0.3, -0.25) is 14.5 Å². The minimum atomic E-state index is -0.209. The van der Waals surface area contributed by atoms with E-state index in [-0.39, 0.29) is 24.8 Å². The number of nitrogens with one attached hydrogen (secondary N) is 1. The fraction of sp³-hybridized carbons (Fsp3) is 0.385. The van der Waals surface area contributed by atoms with E-state index in [1.807, 2.05) is 0 Å². The lowest BCUT2D eigenvalue weighted by Crippen LogP contribution is -2.32. The van der Waals surface area contributed by atoms with E-state index in [4.69, 9.17) is 5.11 Å². The largest absolute Gasteiger partial charge is 0.395 e. The van der Waals surface area contributed by atoms with Crippen molar-refractivity contribution in [2.24, 2.45) is 0 Å². The van der Waals surface area contributed by atoms with Gasteiger partial charge < -0.3 is 10.4 Å². The summed E-state index contributed by atoms with van der Waals surface area (Å²) in [4.78, 5) is 24.8. The topological polar surface area (TPSA) is 69.6 Å². The van der Waals surface area contributed by atoms with Crippen molar-refractivity contribution in [2.45, 2.75) is 6.92 Å². The Hall–Kier alpha value is -1.72. The zero-order valence-electron chi connectivity index (χ0n) is 10.6. The summed E-state index contributed by atoms with van der Waals surface area (Å²) in [5.41, 5.74) is 1.02. The molecule has 2 N–H and O–H groups in total. The first kappa shape index (κ1) is 14.3. The van der Waals surface area contributed by atoms with Crippen LogP contribution in [0.2, 0.25) is 0 Å². The van der Waals surface area contributed by atoms with Crippen LogP contribution in [-0.4, -0.2) is 48.4 Å². The van der Waals surface area contributed by atoms with Crippen LogP contribution in [0.25, 0.3) is 0 Å². The van der Waals surface area contributed by atoms with Crippen LogP contribution in [0.5, 0.6) is 0 Å². The lowest BCUT2D eigenvalue weighted by Gasteiger charge is -2.15. The Bertz CT molecular complexity index is 432. The normalized spacial score (nSPS) is 10.4. The average Bonchev–Trinajstić information content (AvgIpc) is 2.29. The molecule has 0 fully saturated rings. The zero-order valence-corrected chi connectivity index (χ0v) is 10.6. The molecule has 0 saturated carbocycles. The number of likely N-dealkylation sites (N-methyl/N-ethyl adjacent to an activating group) is 1. The van der Waals surface area contributed by atoms with Gasteiger partial charge in [0.1, 0.15) is 0 Å². The minimum absolute atomic E-state index is 0.00775. The number of anilines is 1. The molecule has 0 aliphatic heterocycles. The molecule has 0 aliphatic rings. The third-order valence-electron chi connectivity index (χ3n) is 2.48. The Morgan fingerprint density at radius 1 is 1.33 bits per heavy atom. The average molecular weight is 250 g/mol. The van der Waals surface area contributed by atoms with Crippen LogP contribution in [0.3, 0.4) is 0 Å². The molecular formula is C13H18N2O3. The van der Waals surface area contributed by atoms with Gasteiger partial charge in [0.15, 0.2) is 5.78 Å². The van der Waals surface area contributed by atoms with Gasteiger partial charge in [-0.05, 0) is 26.1 Å². The number of amides is 1. The van der Waals surface area contributed by atoms with E-state index in [9.17, 15) is 9.59 Å². The van der Waals surface area contributed by atoms with Crippen LogP contribution in [0, 0.1) is 0 Å². The van der Waals surface area contributed by atoms with Gasteiger partial charge in [-0.1, -0.05) is 12.1 Å². The highest BCUT2D eigenvalue weighted by Gasteiger charge is 2.10. The molecule has 0 radical (unpaired) electrons.